The molecular formula is C12H18N2O4S. The molecule has 0 aliphatic carbocycles. The second-order valence-electron chi connectivity index (χ2n) is 3.79. The monoisotopic (exact) mass is 286 g/mol. The van der Waals surface area contributed by atoms with Gasteiger partial charge in [-0.25, -0.2) is 9.78 Å². The van der Waals surface area contributed by atoms with E-state index >= 15 is 0 Å². The summed E-state index contributed by atoms with van der Waals surface area (Å²) >= 11 is 1.10. The zero-order valence-corrected chi connectivity index (χ0v) is 12.1. The molecule has 106 valence electrons. The lowest BCUT2D eigenvalue weighted by Gasteiger charge is -2.14. The number of aromatic nitrogens is 1. The van der Waals surface area contributed by atoms with E-state index in [1.807, 2.05) is 6.92 Å². The van der Waals surface area contributed by atoms with Crippen LogP contribution in [0.4, 0.5) is 0 Å². The number of thiazole rings is 1. The van der Waals surface area contributed by atoms with Gasteiger partial charge in [0.1, 0.15) is 5.69 Å². The third-order valence-corrected chi connectivity index (χ3v) is 3.21. The van der Waals surface area contributed by atoms with Crippen LogP contribution in [0.2, 0.25) is 0 Å². The summed E-state index contributed by atoms with van der Waals surface area (Å²) in [6, 6.07) is -0.0646. The maximum Gasteiger partial charge on any atom is 0.367 e. The summed E-state index contributed by atoms with van der Waals surface area (Å²) in [6.45, 7) is 4.40. The molecule has 1 aromatic heterocycles. The second-order valence-corrected chi connectivity index (χ2v) is 4.65. The van der Waals surface area contributed by atoms with Gasteiger partial charge in [0.05, 0.1) is 19.3 Å². The first kappa shape index (κ1) is 15.6. The maximum absolute atomic E-state index is 11.9. The number of ether oxygens (including phenoxy) is 2. The van der Waals surface area contributed by atoms with Crippen LogP contribution in [0.25, 0.3) is 0 Å². The molecule has 1 N–H and O–H groups in total. The summed E-state index contributed by atoms with van der Waals surface area (Å²) in [5.74, 6) is -0.814. The van der Waals surface area contributed by atoms with Crippen LogP contribution in [0, 0.1) is 0 Å². The quantitative estimate of drug-likeness (QED) is 0.768. The van der Waals surface area contributed by atoms with E-state index in [2.05, 4.69) is 10.3 Å². The number of carbonyl (C=O) groups excluding carboxylic acids is 2. The van der Waals surface area contributed by atoms with E-state index in [1.165, 1.54) is 0 Å². The molecule has 0 saturated heterocycles. The van der Waals surface area contributed by atoms with Crippen LogP contribution in [-0.4, -0.2) is 43.2 Å². The van der Waals surface area contributed by atoms with Crippen LogP contribution in [0.15, 0.2) is 5.38 Å². The smallest absolute Gasteiger partial charge is 0.367 e. The molecule has 0 aliphatic heterocycles. The van der Waals surface area contributed by atoms with Crippen LogP contribution >= 0.6 is 11.3 Å². The Morgan fingerprint density at radius 1 is 1.47 bits per heavy atom. The van der Waals surface area contributed by atoms with Crippen molar-refractivity contribution in [1.29, 1.82) is 0 Å². The highest BCUT2D eigenvalue weighted by Crippen LogP contribution is 2.11. The number of rotatable bonds is 7. The first-order chi connectivity index (χ1) is 9.12. The Hall–Kier alpha value is -1.47. The molecule has 0 spiro atoms. The van der Waals surface area contributed by atoms with Gasteiger partial charge in [-0.15, -0.1) is 11.3 Å². The lowest BCUT2D eigenvalue weighted by molar-refractivity contribution is 0.0526. The van der Waals surface area contributed by atoms with Crippen molar-refractivity contribution in [3.05, 3.63) is 16.1 Å². The van der Waals surface area contributed by atoms with Gasteiger partial charge in [0.25, 0.3) is 5.91 Å². The number of amides is 1. The fraction of sp³-hybridized carbons (Fsp3) is 0.583. The van der Waals surface area contributed by atoms with Crippen LogP contribution in [0.3, 0.4) is 0 Å². The number of nitrogens with zero attached hydrogens (tertiary/aromatic N) is 1. The molecule has 0 aliphatic rings. The minimum Gasteiger partial charge on any atom is -0.461 e. The Morgan fingerprint density at radius 3 is 2.79 bits per heavy atom. The van der Waals surface area contributed by atoms with Gasteiger partial charge in [-0.05, 0) is 13.3 Å². The van der Waals surface area contributed by atoms with E-state index < -0.39 is 5.97 Å². The molecule has 1 aromatic rings. The van der Waals surface area contributed by atoms with Crippen molar-refractivity contribution in [2.45, 2.75) is 26.3 Å². The highest BCUT2D eigenvalue weighted by atomic mass is 32.1. The molecule has 0 bridgehead atoms. The lowest BCUT2D eigenvalue weighted by atomic mass is 10.2. The molecular weight excluding hydrogens is 268 g/mol. The van der Waals surface area contributed by atoms with E-state index in [9.17, 15) is 9.59 Å². The Morgan fingerprint density at radius 2 is 2.21 bits per heavy atom. The van der Waals surface area contributed by atoms with Crippen molar-refractivity contribution < 1.29 is 19.1 Å². The average molecular weight is 286 g/mol. The van der Waals surface area contributed by atoms with Gasteiger partial charge in [0.15, 0.2) is 0 Å². The number of methoxy groups -OCH3 is 1. The first-order valence-corrected chi connectivity index (χ1v) is 6.92. The Labute approximate surface area is 116 Å². The molecule has 1 atom stereocenters. The molecule has 0 saturated carbocycles. The van der Waals surface area contributed by atoms with Crippen molar-refractivity contribution in [1.82, 2.24) is 10.3 Å². The predicted octanol–water partition coefficient (Wildman–Crippen LogP) is 1.47. The maximum atomic E-state index is 11.9. The molecule has 0 aromatic carbocycles. The molecule has 1 rings (SSSR count). The molecule has 6 nitrogen and oxygen atoms in total. The van der Waals surface area contributed by atoms with Crippen LogP contribution in [-0.2, 0) is 9.47 Å². The summed E-state index contributed by atoms with van der Waals surface area (Å²) in [6.07, 6.45) is 0.758. The Bertz CT molecular complexity index is 433. The zero-order valence-electron chi connectivity index (χ0n) is 11.3. The highest BCUT2D eigenvalue weighted by Gasteiger charge is 2.18. The normalized spacial score (nSPS) is 11.9. The van der Waals surface area contributed by atoms with Crippen molar-refractivity contribution in [3.63, 3.8) is 0 Å². The lowest BCUT2D eigenvalue weighted by Crippen LogP contribution is -2.37. The van der Waals surface area contributed by atoms with Crippen LogP contribution < -0.4 is 5.32 Å². The summed E-state index contributed by atoms with van der Waals surface area (Å²) in [4.78, 5) is 27.3. The minimum absolute atomic E-state index is 0.0646. The first-order valence-electron chi connectivity index (χ1n) is 6.04. The summed E-state index contributed by atoms with van der Waals surface area (Å²) in [5, 5.41) is 4.53. The topological polar surface area (TPSA) is 77.5 Å². The van der Waals surface area contributed by atoms with E-state index in [1.54, 1.807) is 19.4 Å². The number of nitrogens with one attached hydrogen (secondary N) is 1. The highest BCUT2D eigenvalue weighted by molar-refractivity contribution is 7.11. The standard InChI is InChI=1S/C12H18N2O4S/c1-4-8(6-17-3)13-10(15)9-7-19-11(14-9)12(16)18-5-2/h7-8H,4-6H2,1-3H3,(H,13,15). The summed E-state index contributed by atoms with van der Waals surface area (Å²) in [5.41, 5.74) is 0.225. The van der Waals surface area contributed by atoms with Gasteiger partial charge >= 0.3 is 5.97 Å². The predicted molar refractivity (Wildman–Crippen MR) is 71.5 cm³/mol. The summed E-state index contributed by atoms with van der Waals surface area (Å²) in [7, 11) is 1.58. The fourth-order valence-corrected chi connectivity index (χ4v) is 2.08. The van der Waals surface area contributed by atoms with Crippen molar-refractivity contribution >= 4 is 23.2 Å². The molecule has 0 radical (unpaired) electrons. The minimum atomic E-state index is -0.504. The molecule has 1 heterocycles. The Balaban J connectivity index is 2.65. The van der Waals surface area contributed by atoms with E-state index in [0.29, 0.717) is 6.61 Å². The largest absolute Gasteiger partial charge is 0.461 e. The van der Waals surface area contributed by atoms with Crippen LogP contribution in [0.1, 0.15) is 40.6 Å². The van der Waals surface area contributed by atoms with Crippen molar-refractivity contribution in [2.24, 2.45) is 0 Å². The second kappa shape index (κ2) is 7.85. The van der Waals surface area contributed by atoms with Gasteiger partial charge in [0, 0.05) is 12.5 Å². The third kappa shape index (κ3) is 4.60. The average Bonchev–Trinajstić information content (AvgIpc) is 2.88. The summed E-state index contributed by atoms with van der Waals surface area (Å²) < 4.78 is 9.82. The fourth-order valence-electron chi connectivity index (χ4n) is 1.39. The van der Waals surface area contributed by atoms with E-state index in [-0.39, 0.29) is 29.3 Å². The molecule has 1 unspecified atom stereocenters. The van der Waals surface area contributed by atoms with Gasteiger partial charge in [0.2, 0.25) is 5.01 Å². The number of esters is 1. The number of hydrogen-bond donors (Lipinski definition) is 1. The number of carbonyl (C=O) groups is 2. The van der Waals surface area contributed by atoms with Crippen molar-refractivity contribution in [2.75, 3.05) is 20.3 Å². The third-order valence-electron chi connectivity index (χ3n) is 2.38. The molecule has 0 fully saturated rings. The van der Waals surface area contributed by atoms with Crippen LogP contribution in [0.5, 0.6) is 0 Å². The van der Waals surface area contributed by atoms with Gasteiger partial charge < -0.3 is 14.8 Å². The van der Waals surface area contributed by atoms with Crippen molar-refractivity contribution in [3.8, 4) is 0 Å². The number of hydrogen-bond acceptors (Lipinski definition) is 6. The molecule has 19 heavy (non-hydrogen) atoms. The van der Waals surface area contributed by atoms with E-state index in [4.69, 9.17) is 9.47 Å². The van der Waals surface area contributed by atoms with Gasteiger partial charge in [-0.1, -0.05) is 6.92 Å². The van der Waals surface area contributed by atoms with Gasteiger partial charge in [-0.2, -0.15) is 0 Å². The molecule has 7 heteroatoms. The molecule has 1 amide bonds. The van der Waals surface area contributed by atoms with E-state index in [0.717, 1.165) is 17.8 Å². The van der Waals surface area contributed by atoms with Gasteiger partial charge in [-0.3, -0.25) is 4.79 Å². The zero-order chi connectivity index (χ0) is 14.3. The SMILES string of the molecule is CCOC(=O)c1nc(C(=O)NC(CC)COC)cs1. The Kier molecular flexibility index (Phi) is 6.44.